The van der Waals surface area contributed by atoms with Gasteiger partial charge >= 0.3 is 5.97 Å². The molecule has 1 rings (SSSR count). The number of aromatic nitrogens is 1. The molecule has 0 bridgehead atoms. The smallest absolute Gasteiger partial charge is 0.339 e. The molecule has 0 radical (unpaired) electrons. The van der Waals surface area contributed by atoms with E-state index in [4.69, 9.17) is 0 Å². The van der Waals surface area contributed by atoms with E-state index < -0.39 is 0 Å². The first-order valence-corrected chi connectivity index (χ1v) is 5.66. The van der Waals surface area contributed by atoms with Gasteiger partial charge in [0.25, 0.3) is 0 Å². The Labute approximate surface area is 97.3 Å². The zero-order valence-corrected chi connectivity index (χ0v) is 10.0. The molecule has 0 aliphatic heterocycles. The number of carbonyl (C=O) groups excluding carboxylic acids is 1. The highest BCUT2D eigenvalue weighted by atomic mass is 79.9. The van der Waals surface area contributed by atoms with Gasteiger partial charge < -0.3 is 4.74 Å². The number of allylic oxidation sites excluding steroid dienone is 1. The first kappa shape index (κ1) is 11.9. The largest absolute Gasteiger partial charge is 0.465 e. The van der Waals surface area contributed by atoms with Crippen molar-refractivity contribution in [2.24, 2.45) is 0 Å². The number of rotatable bonds is 4. The molecule has 0 amide bonds. The zero-order valence-electron chi connectivity index (χ0n) is 8.44. The summed E-state index contributed by atoms with van der Waals surface area (Å²) in [5.74, 6) is -0.363. The molecule has 15 heavy (non-hydrogen) atoms. The molecule has 0 saturated carbocycles. The Morgan fingerprint density at radius 3 is 3.07 bits per heavy atom. The molecular weight excluding hydrogens is 258 g/mol. The minimum Gasteiger partial charge on any atom is -0.465 e. The Morgan fingerprint density at radius 1 is 1.60 bits per heavy atom. The summed E-state index contributed by atoms with van der Waals surface area (Å²) in [6.45, 7) is 0. The third kappa shape index (κ3) is 3.83. The van der Waals surface area contributed by atoms with E-state index in [-0.39, 0.29) is 5.97 Å². The molecule has 0 saturated heterocycles. The average molecular weight is 270 g/mol. The molecule has 1 heterocycles. The Bertz CT molecular complexity index is 363. The fourth-order valence-electron chi connectivity index (χ4n) is 1.06. The number of hydrogen-bond donors (Lipinski definition) is 0. The van der Waals surface area contributed by atoms with Crippen molar-refractivity contribution >= 4 is 28.0 Å². The maximum Gasteiger partial charge on any atom is 0.339 e. The third-order valence-electron chi connectivity index (χ3n) is 1.77. The molecule has 80 valence electrons. The van der Waals surface area contributed by atoms with Gasteiger partial charge in [0.05, 0.1) is 12.7 Å². The molecule has 0 atom stereocenters. The summed E-state index contributed by atoms with van der Waals surface area (Å²) in [7, 11) is 1.36. The van der Waals surface area contributed by atoms with Gasteiger partial charge in [-0.3, -0.25) is 4.98 Å². The summed E-state index contributed by atoms with van der Waals surface area (Å²) in [4.78, 5) is 15.2. The van der Waals surface area contributed by atoms with Crippen LogP contribution in [0.5, 0.6) is 0 Å². The number of hydrogen-bond acceptors (Lipinski definition) is 3. The summed E-state index contributed by atoms with van der Waals surface area (Å²) < 4.78 is 4.61. The predicted octanol–water partition coefficient (Wildman–Crippen LogP) is 2.67. The molecule has 0 spiro atoms. The van der Waals surface area contributed by atoms with Crippen LogP contribution in [0.25, 0.3) is 6.08 Å². The summed E-state index contributed by atoms with van der Waals surface area (Å²) in [5.41, 5.74) is 1.37. The van der Waals surface area contributed by atoms with E-state index in [2.05, 4.69) is 25.7 Å². The van der Waals surface area contributed by atoms with Gasteiger partial charge in [0.2, 0.25) is 0 Å². The van der Waals surface area contributed by atoms with Crippen LogP contribution in [-0.2, 0) is 4.74 Å². The van der Waals surface area contributed by atoms with Crippen LogP contribution < -0.4 is 0 Å². The Morgan fingerprint density at radius 2 is 2.40 bits per heavy atom. The topological polar surface area (TPSA) is 39.2 Å². The van der Waals surface area contributed by atoms with Gasteiger partial charge in [-0.25, -0.2) is 4.79 Å². The van der Waals surface area contributed by atoms with Crippen molar-refractivity contribution in [3.63, 3.8) is 0 Å². The second-order valence-electron chi connectivity index (χ2n) is 2.88. The number of carbonyl (C=O) groups is 1. The second kappa shape index (κ2) is 6.35. The monoisotopic (exact) mass is 269 g/mol. The van der Waals surface area contributed by atoms with Crippen molar-refractivity contribution < 1.29 is 9.53 Å². The predicted molar refractivity (Wildman–Crippen MR) is 63.0 cm³/mol. The standard InChI is InChI=1S/C11H12BrNO2/c1-15-11(14)10-6-9(7-13-8-10)4-2-3-5-12/h2,4,6-8H,3,5H2,1H3. The van der Waals surface area contributed by atoms with Gasteiger partial charge in [0.15, 0.2) is 0 Å². The normalized spacial score (nSPS) is 10.5. The first-order valence-electron chi connectivity index (χ1n) is 4.54. The van der Waals surface area contributed by atoms with Crippen LogP contribution in [0.2, 0.25) is 0 Å². The van der Waals surface area contributed by atoms with Crippen LogP contribution in [0.4, 0.5) is 0 Å². The highest BCUT2D eigenvalue weighted by Crippen LogP contribution is 2.06. The number of halogens is 1. The van der Waals surface area contributed by atoms with Gasteiger partial charge in [-0.15, -0.1) is 0 Å². The quantitative estimate of drug-likeness (QED) is 0.623. The van der Waals surface area contributed by atoms with Crippen molar-refractivity contribution in [1.29, 1.82) is 0 Å². The summed E-state index contributed by atoms with van der Waals surface area (Å²) in [6.07, 6.45) is 8.10. The van der Waals surface area contributed by atoms with Crippen molar-refractivity contribution in [2.45, 2.75) is 6.42 Å². The molecule has 0 N–H and O–H groups in total. The molecule has 0 unspecified atom stereocenters. The van der Waals surface area contributed by atoms with Gasteiger partial charge in [-0.2, -0.15) is 0 Å². The van der Waals surface area contributed by atoms with Crippen molar-refractivity contribution in [1.82, 2.24) is 4.98 Å². The molecule has 3 nitrogen and oxygen atoms in total. The number of pyridine rings is 1. The maximum atomic E-state index is 11.2. The number of ether oxygens (including phenoxy) is 1. The van der Waals surface area contributed by atoms with E-state index in [1.807, 2.05) is 12.2 Å². The van der Waals surface area contributed by atoms with Crippen LogP contribution in [0.3, 0.4) is 0 Å². The van der Waals surface area contributed by atoms with E-state index in [9.17, 15) is 4.79 Å². The number of esters is 1. The van der Waals surface area contributed by atoms with Crippen molar-refractivity contribution in [2.75, 3.05) is 12.4 Å². The summed E-state index contributed by atoms with van der Waals surface area (Å²) in [6, 6.07) is 1.75. The zero-order chi connectivity index (χ0) is 11.1. The van der Waals surface area contributed by atoms with Crippen LogP contribution in [0, 0.1) is 0 Å². The van der Waals surface area contributed by atoms with E-state index >= 15 is 0 Å². The average Bonchev–Trinajstić information content (AvgIpc) is 2.29. The lowest BCUT2D eigenvalue weighted by molar-refractivity contribution is 0.0600. The second-order valence-corrected chi connectivity index (χ2v) is 3.67. The van der Waals surface area contributed by atoms with Crippen LogP contribution >= 0.6 is 15.9 Å². The minimum atomic E-state index is -0.363. The van der Waals surface area contributed by atoms with Crippen LogP contribution in [0.1, 0.15) is 22.3 Å². The highest BCUT2D eigenvalue weighted by molar-refractivity contribution is 9.09. The van der Waals surface area contributed by atoms with Crippen molar-refractivity contribution in [3.05, 3.63) is 35.7 Å². The van der Waals surface area contributed by atoms with Gasteiger partial charge in [0, 0.05) is 17.7 Å². The minimum absolute atomic E-state index is 0.363. The molecule has 0 fully saturated rings. The van der Waals surface area contributed by atoms with E-state index in [0.29, 0.717) is 5.56 Å². The lowest BCUT2D eigenvalue weighted by Gasteiger charge is -1.99. The Kier molecular flexibility index (Phi) is 5.04. The van der Waals surface area contributed by atoms with Crippen LogP contribution in [-0.4, -0.2) is 23.4 Å². The SMILES string of the molecule is COC(=O)c1cncc(C=CCCBr)c1. The molecule has 0 aliphatic rings. The molecule has 1 aromatic heterocycles. The lowest BCUT2D eigenvalue weighted by atomic mass is 10.2. The Balaban J connectivity index is 2.78. The Hall–Kier alpha value is -1.16. The highest BCUT2D eigenvalue weighted by Gasteiger charge is 2.04. The molecule has 0 aliphatic carbocycles. The van der Waals surface area contributed by atoms with Gasteiger partial charge in [-0.1, -0.05) is 28.1 Å². The van der Waals surface area contributed by atoms with Gasteiger partial charge in [-0.05, 0) is 18.1 Å². The van der Waals surface area contributed by atoms with Crippen molar-refractivity contribution in [3.8, 4) is 0 Å². The molecule has 4 heteroatoms. The molecule has 1 aromatic rings. The van der Waals surface area contributed by atoms with E-state index in [0.717, 1.165) is 17.3 Å². The maximum absolute atomic E-state index is 11.2. The summed E-state index contributed by atoms with van der Waals surface area (Å²) >= 11 is 3.33. The van der Waals surface area contributed by atoms with E-state index in [1.54, 1.807) is 12.3 Å². The lowest BCUT2D eigenvalue weighted by Crippen LogP contribution is -2.01. The third-order valence-corrected chi connectivity index (χ3v) is 2.22. The number of nitrogens with zero attached hydrogens (tertiary/aromatic N) is 1. The number of alkyl halides is 1. The van der Waals surface area contributed by atoms with Gasteiger partial charge in [0.1, 0.15) is 0 Å². The van der Waals surface area contributed by atoms with E-state index in [1.165, 1.54) is 13.3 Å². The number of methoxy groups -OCH3 is 1. The fourth-order valence-corrected chi connectivity index (χ4v) is 1.33. The molecule has 0 aromatic carbocycles. The fraction of sp³-hybridized carbons (Fsp3) is 0.273. The molecular formula is C11H12BrNO2. The van der Waals surface area contributed by atoms with Crippen LogP contribution in [0.15, 0.2) is 24.5 Å². The summed E-state index contributed by atoms with van der Waals surface area (Å²) in [5, 5.41) is 0.924. The first-order chi connectivity index (χ1) is 7.27.